The maximum atomic E-state index is 12.2. The number of aromatic nitrogens is 1. The zero-order valence-electron chi connectivity index (χ0n) is 13.4. The van der Waals surface area contributed by atoms with E-state index in [2.05, 4.69) is 40.7 Å². The molecule has 0 aliphatic carbocycles. The lowest BCUT2D eigenvalue weighted by Crippen LogP contribution is -2.36. The number of aromatic amines is 1. The predicted octanol–water partition coefficient (Wildman–Crippen LogP) is 1.13. The molecule has 122 valence electrons. The van der Waals surface area contributed by atoms with Gasteiger partial charge in [0, 0.05) is 37.6 Å². The van der Waals surface area contributed by atoms with Crippen molar-refractivity contribution < 1.29 is 8.42 Å². The van der Waals surface area contributed by atoms with Gasteiger partial charge in [-0.15, -0.1) is 0 Å². The maximum absolute atomic E-state index is 12.2. The van der Waals surface area contributed by atoms with Crippen LogP contribution >= 0.6 is 0 Å². The summed E-state index contributed by atoms with van der Waals surface area (Å²) >= 11 is 0. The number of likely N-dealkylation sites (N-methyl/N-ethyl adjacent to an activating group) is 1. The van der Waals surface area contributed by atoms with Crippen LogP contribution < -0.4 is 10.0 Å². The molecule has 6 nitrogen and oxygen atoms in total. The van der Waals surface area contributed by atoms with Gasteiger partial charge in [-0.25, -0.2) is 13.1 Å². The second kappa shape index (κ2) is 8.53. The van der Waals surface area contributed by atoms with Crippen molar-refractivity contribution in [3.63, 3.8) is 0 Å². The first-order valence-electron chi connectivity index (χ1n) is 7.44. The zero-order valence-corrected chi connectivity index (χ0v) is 14.3. The van der Waals surface area contributed by atoms with Crippen molar-refractivity contribution >= 4 is 10.0 Å². The molecule has 21 heavy (non-hydrogen) atoms. The number of nitrogens with zero attached hydrogens (tertiary/aromatic N) is 1. The summed E-state index contributed by atoms with van der Waals surface area (Å²) in [7, 11) is -1.45. The molecule has 0 aromatic carbocycles. The minimum Gasteiger partial charge on any atom is -0.363 e. The third-order valence-corrected chi connectivity index (χ3v) is 4.85. The third-order valence-electron chi connectivity index (χ3n) is 3.41. The minimum absolute atomic E-state index is 0.294. The van der Waals surface area contributed by atoms with Crippen LogP contribution in [0.15, 0.2) is 17.2 Å². The molecule has 0 unspecified atom stereocenters. The monoisotopic (exact) mass is 316 g/mol. The maximum Gasteiger partial charge on any atom is 0.242 e. The van der Waals surface area contributed by atoms with Crippen LogP contribution in [-0.4, -0.2) is 51.0 Å². The SMILES string of the molecule is CCCNCc1cc(S(=O)(=O)NCCN(C)C(C)C)c[nH]1. The Morgan fingerprint density at radius 3 is 2.67 bits per heavy atom. The van der Waals surface area contributed by atoms with Gasteiger partial charge in [0.2, 0.25) is 10.0 Å². The molecule has 3 N–H and O–H groups in total. The van der Waals surface area contributed by atoms with Gasteiger partial charge in [0.15, 0.2) is 0 Å². The average Bonchev–Trinajstić information content (AvgIpc) is 2.88. The summed E-state index contributed by atoms with van der Waals surface area (Å²) in [4.78, 5) is 5.39. The van der Waals surface area contributed by atoms with E-state index in [4.69, 9.17) is 0 Å². The fourth-order valence-electron chi connectivity index (χ4n) is 1.77. The molecule has 0 saturated heterocycles. The predicted molar refractivity (Wildman–Crippen MR) is 85.7 cm³/mol. The summed E-state index contributed by atoms with van der Waals surface area (Å²) in [5.74, 6) is 0. The second-order valence-corrected chi connectivity index (χ2v) is 7.28. The third kappa shape index (κ3) is 6.17. The molecule has 7 heteroatoms. The van der Waals surface area contributed by atoms with Gasteiger partial charge >= 0.3 is 0 Å². The van der Waals surface area contributed by atoms with Crippen molar-refractivity contribution in [2.45, 2.75) is 44.7 Å². The highest BCUT2D eigenvalue weighted by Gasteiger charge is 2.16. The molecule has 0 saturated carbocycles. The van der Waals surface area contributed by atoms with Gasteiger partial charge in [0.05, 0.1) is 4.90 Å². The Labute approximate surface area is 128 Å². The lowest BCUT2D eigenvalue weighted by Gasteiger charge is -2.20. The molecule has 1 rings (SSSR count). The number of H-pyrrole nitrogens is 1. The summed E-state index contributed by atoms with van der Waals surface area (Å²) < 4.78 is 26.9. The standard InChI is InChI=1S/C14H28N4O2S/c1-5-6-15-10-13-9-14(11-16-13)21(19,20)17-7-8-18(4)12(2)3/h9,11-12,15-17H,5-8,10H2,1-4H3. The van der Waals surface area contributed by atoms with Crippen LogP contribution in [0.2, 0.25) is 0 Å². The van der Waals surface area contributed by atoms with E-state index in [9.17, 15) is 8.42 Å². The van der Waals surface area contributed by atoms with Crippen LogP contribution in [0.3, 0.4) is 0 Å². The second-order valence-electron chi connectivity index (χ2n) is 5.51. The molecule has 0 spiro atoms. The lowest BCUT2D eigenvalue weighted by atomic mass is 10.3. The van der Waals surface area contributed by atoms with E-state index in [1.807, 2.05) is 7.05 Å². The Kier molecular flexibility index (Phi) is 7.37. The summed E-state index contributed by atoms with van der Waals surface area (Å²) in [5.41, 5.74) is 0.878. The molecule has 0 aliphatic rings. The van der Waals surface area contributed by atoms with E-state index in [-0.39, 0.29) is 0 Å². The van der Waals surface area contributed by atoms with E-state index in [0.29, 0.717) is 30.6 Å². The number of rotatable bonds is 10. The summed E-state index contributed by atoms with van der Waals surface area (Å²) in [5, 5.41) is 3.23. The smallest absolute Gasteiger partial charge is 0.242 e. The molecule has 0 bridgehead atoms. The zero-order chi connectivity index (χ0) is 15.9. The number of hydrogen-bond acceptors (Lipinski definition) is 4. The van der Waals surface area contributed by atoms with Crippen LogP contribution in [0, 0.1) is 0 Å². The van der Waals surface area contributed by atoms with E-state index < -0.39 is 10.0 Å². The van der Waals surface area contributed by atoms with Crippen LogP contribution in [0.4, 0.5) is 0 Å². The molecule has 1 aromatic heterocycles. The van der Waals surface area contributed by atoms with E-state index in [0.717, 1.165) is 18.7 Å². The Balaban J connectivity index is 2.50. The van der Waals surface area contributed by atoms with Crippen molar-refractivity contribution in [1.82, 2.24) is 19.9 Å². The number of hydrogen-bond donors (Lipinski definition) is 3. The van der Waals surface area contributed by atoms with Crippen molar-refractivity contribution in [1.29, 1.82) is 0 Å². The molecular formula is C14H28N4O2S. The Hall–Kier alpha value is -0.890. The van der Waals surface area contributed by atoms with E-state index >= 15 is 0 Å². The largest absolute Gasteiger partial charge is 0.363 e. The van der Waals surface area contributed by atoms with Crippen molar-refractivity contribution in [2.24, 2.45) is 0 Å². The van der Waals surface area contributed by atoms with Crippen LogP contribution in [-0.2, 0) is 16.6 Å². The van der Waals surface area contributed by atoms with E-state index in [1.54, 1.807) is 6.07 Å². The summed E-state index contributed by atoms with van der Waals surface area (Å²) in [6, 6.07) is 2.08. The highest BCUT2D eigenvalue weighted by Crippen LogP contribution is 2.10. The Morgan fingerprint density at radius 1 is 1.33 bits per heavy atom. The summed E-state index contributed by atoms with van der Waals surface area (Å²) in [6.07, 6.45) is 2.59. The molecule has 0 atom stereocenters. The molecule has 0 radical (unpaired) electrons. The van der Waals surface area contributed by atoms with Gasteiger partial charge < -0.3 is 15.2 Å². The van der Waals surface area contributed by atoms with Crippen molar-refractivity contribution in [3.8, 4) is 0 Å². The lowest BCUT2D eigenvalue weighted by molar-refractivity contribution is 0.278. The topological polar surface area (TPSA) is 77.2 Å². The molecule has 1 aromatic rings. The molecule has 0 amide bonds. The number of sulfonamides is 1. The molecule has 0 aliphatic heterocycles. The minimum atomic E-state index is -3.43. The Bertz CT molecular complexity index is 511. The first kappa shape index (κ1) is 18.2. The van der Waals surface area contributed by atoms with Gasteiger partial charge in [-0.1, -0.05) is 6.92 Å². The van der Waals surface area contributed by atoms with Gasteiger partial charge in [-0.05, 0) is 39.9 Å². The fourth-order valence-corrected chi connectivity index (χ4v) is 2.81. The van der Waals surface area contributed by atoms with Crippen molar-refractivity contribution in [2.75, 3.05) is 26.7 Å². The Morgan fingerprint density at radius 2 is 2.05 bits per heavy atom. The highest BCUT2D eigenvalue weighted by atomic mass is 32.2. The average molecular weight is 316 g/mol. The quantitative estimate of drug-likeness (QED) is 0.566. The van der Waals surface area contributed by atoms with Gasteiger partial charge in [0.1, 0.15) is 0 Å². The normalized spacial score (nSPS) is 12.5. The highest BCUT2D eigenvalue weighted by molar-refractivity contribution is 7.89. The molecular weight excluding hydrogens is 288 g/mol. The van der Waals surface area contributed by atoms with Crippen molar-refractivity contribution in [3.05, 3.63) is 18.0 Å². The number of nitrogens with one attached hydrogen (secondary N) is 3. The van der Waals surface area contributed by atoms with Gasteiger partial charge in [-0.2, -0.15) is 0 Å². The van der Waals surface area contributed by atoms with E-state index in [1.165, 1.54) is 6.20 Å². The first-order chi connectivity index (χ1) is 9.86. The molecule has 1 heterocycles. The van der Waals surface area contributed by atoms with Crippen LogP contribution in [0.25, 0.3) is 0 Å². The fraction of sp³-hybridized carbons (Fsp3) is 0.714. The van der Waals surface area contributed by atoms with Crippen LogP contribution in [0.1, 0.15) is 32.9 Å². The van der Waals surface area contributed by atoms with Gasteiger partial charge in [-0.3, -0.25) is 0 Å². The van der Waals surface area contributed by atoms with Gasteiger partial charge in [0.25, 0.3) is 0 Å². The first-order valence-corrected chi connectivity index (χ1v) is 8.93. The molecule has 0 fully saturated rings. The summed E-state index contributed by atoms with van der Waals surface area (Å²) in [6.45, 7) is 8.92. The van der Waals surface area contributed by atoms with Crippen LogP contribution in [0.5, 0.6) is 0 Å².